The predicted octanol–water partition coefficient (Wildman–Crippen LogP) is 4.55. The van der Waals surface area contributed by atoms with Crippen molar-refractivity contribution in [2.75, 3.05) is 0 Å². The van der Waals surface area contributed by atoms with E-state index in [0.717, 1.165) is 5.56 Å². The van der Waals surface area contributed by atoms with Crippen LogP contribution in [-0.4, -0.2) is 17.7 Å². The second kappa shape index (κ2) is 7.31. The van der Waals surface area contributed by atoms with Crippen LogP contribution in [0.5, 0.6) is 5.75 Å². The molecular weight excluding hydrogens is 426 g/mol. The predicted molar refractivity (Wildman–Crippen MR) is 119 cm³/mol. The Morgan fingerprint density at radius 1 is 0.969 bits per heavy atom. The normalized spacial score (nSPS) is 25.2. The van der Waals surface area contributed by atoms with E-state index in [9.17, 15) is 14.4 Å². The van der Waals surface area contributed by atoms with Gasteiger partial charge in [-0.25, -0.2) is 0 Å². The lowest BCUT2D eigenvalue weighted by Gasteiger charge is -2.23. The molecule has 1 saturated carbocycles. The van der Waals surface area contributed by atoms with E-state index < -0.39 is 28.6 Å². The maximum absolute atomic E-state index is 13.7. The van der Waals surface area contributed by atoms with Crippen molar-refractivity contribution >= 4 is 29.3 Å². The molecule has 3 atom stereocenters. The molecule has 6 heteroatoms. The van der Waals surface area contributed by atoms with Gasteiger partial charge >= 0.3 is 5.97 Å². The molecule has 5 nitrogen and oxygen atoms in total. The Hall–Kier alpha value is -3.44. The van der Waals surface area contributed by atoms with Crippen LogP contribution < -0.4 is 10.1 Å². The van der Waals surface area contributed by atoms with E-state index in [2.05, 4.69) is 5.32 Å². The molecule has 0 aromatic heterocycles. The van der Waals surface area contributed by atoms with Crippen molar-refractivity contribution in [2.45, 2.75) is 19.4 Å². The number of hydrogen-bond acceptors (Lipinski definition) is 4. The summed E-state index contributed by atoms with van der Waals surface area (Å²) in [7, 11) is 0. The number of fused-ring (bicyclic) bond motifs is 3. The molecule has 1 heterocycles. The van der Waals surface area contributed by atoms with Crippen molar-refractivity contribution in [3.05, 3.63) is 101 Å². The average molecular weight is 446 g/mol. The average Bonchev–Trinajstić information content (AvgIpc) is 3.41. The number of hydrogen-bond donors (Lipinski definition) is 1. The van der Waals surface area contributed by atoms with Gasteiger partial charge in [0.05, 0.1) is 5.41 Å². The molecule has 1 N–H and O–H groups in total. The molecule has 0 bridgehead atoms. The van der Waals surface area contributed by atoms with E-state index in [1.165, 1.54) is 0 Å². The Kier molecular flexibility index (Phi) is 4.68. The summed E-state index contributed by atoms with van der Waals surface area (Å²) < 4.78 is 5.59. The molecule has 1 aliphatic heterocycles. The van der Waals surface area contributed by atoms with Gasteiger partial charge in [-0.15, -0.1) is 0 Å². The first-order chi connectivity index (χ1) is 15.4. The minimum atomic E-state index is -1.63. The monoisotopic (exact) mass is 445 g/mol. The number of Topliss-reactive ketones (excluding diaryl/α,β-unsaturated/α-hetero) is 1. The van der Waals surface area contributed by atoms with E-state index in [1.807, 2.05) is 42.5 Å². The van der Waals surface area contributed by atoms with Crippen LogP contribution in [0.1, 0.15) is 34.3 Å². The van der Waals surface area contributed by atoms with Crippen LogP contribution in [0, 0.1) is 10.8 Å². The van der Waals surface area contributed by atoms with Crippen LogP contribution in [0.3, 0.4) is 0 Å². The van der Waals surface area contributed by atoms with Crippen molar-refractivity contribution in [1.29, 1.82) is 0 Å². The maximum atomic E-state index is 13.7. The summed E-state index contributed by atoms with van der Waals surface area (Å²) in [6.07, 6.45) is 0. The maximum Gasteiger partial charge on any atom is 0.328 e. The van der Waals surface area contributed by atoms with Crippen LogP contribution in [0.15, 0.2) is 78.9 Å². The quantitative estimate of drug-likeness (QED) is 0.271. The molecule has 3 aromatic carbocycles. The van der Waals surface area contributed by atoms with Gasteiger partial charge in [-0.1, -0.05) is 60.1 Å². The number of rotatable bonds is 5. The van der Waals surface area contributed by atoms with Gasteiger partial charge in [-0.05, 0) is 42.8 Å². The van der Waals surface area contributed by atoms with Crippen molar-refractivity contribution in [3.8, 4) is 5.75 Å². The minimum absolute atomic E-state index is 0.244. The number of carbonyl (C=O) groups is 3. The summed E-state index contributed by atoms with van der Waals surface area (Å²) in [6, 6.07) is 23.0. The van der Waals surface area contributed by atoms with Crippen LogP contribution >= 0.6 is 11.6 Å². The first-order valence-electron chi connectivity index (χ1n) is 10.3. The van der Waals surface area contributed by atoms with Crippen LogP contribution in [-0.2, 0) is 16.1 Å². The van der Waals surface area contributed by atoms with Crippen LogP contribution in [0.25, 0.3) is 0 Å². The van der Waals surface area contributed by atoms with Crippen molar-refractivity contribution < 1.29 is 19.1 Å². The third-order valence-corrected chi connectivity index (χ3v) is 6.98. The fourth-order valence-corrected chi connectivity index (χ4v) is 5.20. The summed E-state index contributed by atoms with van der Waals surface area (Å²) in [6.45, 7) is 1.92. The molecule has 3 aromatic rings. The smallest absolute Gasteiger partial charge is 0.328 e. The summed E-state index contributed by atoms with van der Waals surface area (Å²) in [5, 5.41) is 3.37. The van der Waals surface area contributed by atoms with Gasteiger partial charge in [0.1, 0.15) is 5.75 Å². The fraction of sp³-hybridized carbons (Fsp3) is 0.192. The van der Waals surface area contributed by atoms with E-state index in [-0.39, 0.29) is 12.3 Å². The molecule has 0 unspecified atom stereocenters. The van der Waals surface area contributed by atoms with E-state index in [0.29, 0.717) is 21.9 Å². The molecule has 160 valence electrons. The van der Waals surface area contributed by atoms with Crippen molar-refractivity contribution in [3.63, 3.8) is 0 Å². The topological polar surface area (TPSA) is 72.5 Å². The third kappa shape index (κ3) is 2.74. The summed E-state index contributed by atoms with van der Waals surface area (Å²) in [4.78, 5) is 40.6. The molecule has 1 aliphatic carbocycles. The number of para-hydroxylation sites is 1. The second-order valence-corrected chi connectivity index (χ2v) is 8.81. The minimum Gasteiger partial charge on any atom is -0.425 e. The number of benzene rings is 3. The Balaban J connectivity index is 1.57. The van der Waals surface area contributed by atoms with Gasteiger partial charge < -0.3 is 10.1 Å². The zero-order valence-corrected chi connectivity index (χ0v) is 18.1. The molecule has 1 fully saturated rings. The number of halogens is 1. The zero-order valence-electron chi connectivity index (χ0n) is 17.3. The van der Waals surface area contributed by atoms with Crippen LogP contribution in [0.4, 0.5) is 0 Å². The van der Waals surface area contributed by atoms with Gasteiger partial charge in [0, 0.05) is 28.6 Å². The van der Waals surface area contributed by atoms with E-state index in [1.54, 1.807) is 43.3 Å². The number of amides is 1. The van der Waals surface area contributed by atoms with Gasteiger partial charge in [-0.2, -0.15) is 0 Å². The Labute approximate surface area is 190 Å². The molecule has 0 radical (unpaired) electrons. The second-order valence-electron chi connectivity index (χ2n) is 8.38. The van der Waals surface area contributed by atoms with Gasteiger partial charge in [-0.3, -0.25) is 14.4 Å². The lowest BCUT2D eigenvalue weighted by molar-refractivity contribution is -0.149. The zero-order chi connectivity index (χ0) is 22.5. The highest BCUT2D eigenvalue weighted by Gasteiger charge is 2.88. The molecule has 2 aliphatic rings. The Bertz CT molecular complexity index is 1240. The Morgan fingerprint density at radius 3 is 2.34 bits per heavy atom. The SMILES string of the molecule is C[C@]1(C(=O)c2ccc(Cl)cc2)[C@@H]2c3ccccc3OC(=O)[C@@]21C(=O)NCc1ccccc1. The number of carbonyl (C=O) groups excluding carboxylic acids is 3. The van der Waals surface area contributed by atoms with Gasteiger partial charge in [0.15, 0.2) is 11.2 Å². The summed E-state index contributed by atoms with van der Waals surface area (Å²) >= 11 is 5.99. The van der Waals surface area contributed by atoms with E-state index in [4.69, 9.17) is 16.3 Å². The van der Waals surface area contributed by atoms with E-state index >= 15 is 0 Å². The number of ketones is 1. The lowest BCUT2D eigenvalue weighted by atomic mass is 9.86. The number of esters is 1. The first kappa shape index (κ1) is 20.5. The van der Waals surface area contributed by atoms with Gasteiger partial charge in [0.2, 0.25) is 5.91 Å². The fourth-order valence-electron chi connectivity index (χ4n) is 5.07. The molecule has 0 saturated heterocycles. The molecular formula is C26H20ClNO4. The van der Waals surface area contributed by atoms with Crippen LogP contribution in [0.2, 0.25) is 5.02 Å². The molecule has 1 amide bonds. The highest BCUT2D eigenvalue weighted by atomic mass is 35.5. The number of ether oxygens (including phenoxy) is 1. The van der Waals surface area contributed by atoms with Gasteiger partial charge in [0.25, 0.3) is 0 Å². The highest BCUT2D eigenvalue weighted by Crippen LogP contribution is 2.78. The Morgan fingerprint density at radius 2 is 1.62 bits per heavy atom. The lowest BCUT2D eigenvalue weighted by Crippen LogP contribution is -2.45. The highest BCUT2D eigenvalue weighted by molar-refractivity contribution is 6.30. The molecule has 5 rings (SSSR count). The van der Waals surface area contributed by atoms with Crippen molar-refractivity contribution in [2.24, 2.45) is 10.8 Å². The number of nitrogens with one attached hydrogen (secondary N) is 1. The standard InChI is InChI=1S/C26H20ClNO4/c1-25(22(29)17-11-13-18(27)14-12-17)21-19-9-5-6-10-20(19)32-24(31)26(21,25)23(30)28-15-16-7-3-2-4-8-16/h2-14,21H,15H2,1H3,(H,28,30)/t21-,25+,26-/m0/s1. The largest absolute Gasteiger partial charge is 0.425 e. The molecule has 0 spiro atoms. The first-order valence-corrected chi connectivity index (χ1v) is 10.7. The summed E-state index contributed by atoms with van der Waals surface area (Å²) in [5.41, 5.74) is -0.943. The summed E-state index contributed by atoms with van der Waals surface area (Å²) in [5.74, 6) is -1.72. The van der Waals surface area contributed by atoms with Crippen molar-refractivity contribution in [1.82, 2.24) is 5.32 Å². The molecule has 32 heavy (non-hydrogen) atoms. The third-order valence-electron chi connectivity index (χ3n) is 6.73.